The van der Waals surface area contributed by atoms with Gasteiger partial charge in [0, 0.05) is 17.8 Å². The van der Waals surface area contributed by atoms with E-state index in [0.29, 0.717) is 31.2 Å². The Morgan fingerprint density at radius 1 is 0.975 bits per heavy atom. The summed E-state index contributed by atoms with van der Waals surface area (Å²) in [5.74, 6) is -0.598. The lowest BCUT2D eigenvalue weighted by atomic mass is 9.91. The summed E-state index contributed by atoms with van der Waals surface area (Å²) in [6.45, 7) is 1.61. The van der Waals surface area contributed by atoms with Gasteiger partial charge < -0.3 is 20.7 Å². The quantitative estimate of drug-likeness (QED) is 0.279. The first-order valence-corrected chi connectivity index (χ1v) is 13.9. The predicted molar refractivity (Wildman–Crippen MR) is 143 cm³/mol. The Kier molecular flexibility index (Phi) is 8.30. The Morgan fingerprint density at radius 2 is 1.60 bits per heavy atom. The van der Waals surface area contributed by atoms with Gasteiger partial charge in [-0.2, -0.15) is 0 Å². The molecule has 0 atom stereocenters. The van der Waals surface area contributed by atoms with E-state index < -0.39 is 39.0 Å². The first kappa shape index (κ1) is 29.2. The van der Waals surface area contributed by atoms with Gasteiger partial charge in [-0.3, -0.25) is 14.3 Å². The number of carbonyl (C=O) groups is 1. The summed E-state index contributed by atoms with van der Waals surface area (Å²) in [7, 11) is -4.08. The number of hydrogen-bond acceptors (Lipinski definition) is 7. The van der Waals surface area contributed by atoms with Crippen LogP contribution < -0.4 is 36.3 Å². The Hall–Kier alpha value is -3.78. The minimum atomic E-state index is -4.90. The normalized spacial score (nSPS) is 17.7. The van der Waals surface area contributed by atoms with Gasteiger partial charge >= 0.3 is 12.4 Å². The van der Waals surface area contributed by atoms with Crippen molar-refractivity contribution in [2.75, 3.05) is 15.4 Å². The highest BCUT2D eigenvalue weighted by molar-refractivity contribution is 7.92. The Labute approximate surface area is 231 Å². The van der Waals surface area contributed by atoms with Crippen LogP contribution in [0.1, 0.15) is 31.2 Å². The van der Waals surface area contributed by atoms with Crippen LogP contribution in [0, 0.1) is 6.92 Å². The van der Waals surface area contributed by atoms with Crippen molar-refractivity contribution in [1.82, 2.24) is 5.32 Å². The molecule has 10 nitrogen and oxygen atoms in total. The van der Waals surface area contributed by atoms with Crippen molar-refractivity contribution in [2.45, 2.75) is 55.9 Å². The molecule has 1 aliphatic carbocycles. The van der Waals surface area contributed by atoms with E-state index in [-0.39, 0.29) is 39.1 Å². The summed E-state index contributed by atoms with van der Waals surface area (Å²) in [6.07, 6.45) is -2.89. The molecule has 0 aromatic heterocycles. The molecule has 0 radical (unpaired) electrons. The zero-order chi connectivity index (χ0) is 29.2. The molecular weight excluding hydrogens is 577 g/mol. The van der Waals surface area contributed by atoms with Gasteiger partial charge in [-0.15, -0.1) is 13.2 Å². The number of halogens is 4. The molecule has 1 fully saturated rings. The number of ether oxygens (including phenoxy) is 1. The maximum Gasteiger partial charge on any atom is 0.573 e. The molecule has 15 heteroatoms. The molecule has 214 valence electrons. The second kappa shape index (κ2) is 11.4. The number of hydrogen-bond donors (Lipinski definition) is 4. The fourth-order valence-corrected chi connectivity index (χ4v) is 5.94. The van der Waals surface area contributed by atoms with Crippen molar-refractivity contribution in [2.24, 2.45) is 0 Å². The van der Waals surface area contributed by atoms with Gasteiger partial charge in [-0.1, -0.05) is 29.8 Å². The number of sulfonamides is 1. The van der Waals surface area contributed by atoms with Crippen LogP contribution in [0.15, 0.2) is 56.9 Å². The maximum atomic E-state index is 12.8. The van der Waals surface area contributed by atoms with E-state index in [9.17, 15) is 36.0 Å². The van der Waals surface area contributed by atoms with Crippen molar-refractivity contribution < 1.29 is 31.1 Å². The van der Waals surface area contributed by atoms with Gasteiger partial charge in [0.1, 0.15) is 17.1 Å². The average Bonchev–Trinajstić information content (AvgIpc) is 2.88. The number of anilines is 3. The highest BCUT2D eigenvalue weighted by atomic mass is 35.5. The van der Waals surface area contributed by atoms with Crippen molar-refractivity contribution in [3.05, 3.63) is 73.5 Å². The first-order chi connectivity index (χ1) is 18.7. The summed E-state index contributed by atoms with van der Waals surface area (Å²) in [5, 5.41) is 7.89. The number of urea groups is 1. The molecule has 40 heavy (non-hydrogen) atoms. The number of carbonyl (C=O) groups excluding carboxylic acids is 1. The zero-order valence-electron chi connectivity index (χ0n) is 20.9. The second-order valence-corrected chi connectivity index (χ2v) is 11.3. The molecule has 4 rings (SSSR count). The van der Waals surface area contributed by atoms with Crippen LogP contribution in [-0.2, 0) is 10.0 Å². The summed E-state index contributed by atoms with van der Waals surface area (Å²) in [4.78, 5) is 36.7. The molecule has 3 aromatic carbocycles. The summed E-state index contributed by atoms with van der Waals surface area (Å²) in [5.41, 5.74) is -1.50. The van der Waals surface area contributed by atoms with Crippen LogP contribution in [0.5, 0.6) is 5.75 Å². The lowest BCUT2D eigenvalue weighted by Crippen LogP contribution is -2.44. The molecule has 3 aromatic rings. The molecule has 0 spiro atoms. The molecule has 0 aliphatic heterocycles. The number of rotatable bonds is 8. The van der Waals surface area contributed by atoms with Gasteiger partial charge in [0.15, 0.2) is 0 Å². The van der Waals surface area contributed by atoms with Gasteiger partial charge in [0.05, 0.1) is 9.92 Å². The van der Waals surface area contributed by atoms with Gasteiger partial charge in [0.25, 0.3) is 20.9 Å². The highest BCUT2D eigenvalue weighted by Crippen LogP contribution is 2.32. The van der Waals surface area contributed by atoms with E-state index >= 15 is 0 Å². The third-order valence-corrected chi connectivity index (χ3v) is 8.16. The fraction of sp³-hybridized carbons (Fsp3) is 0.320. The van der Waals surface area contributed by atoms with Crippen molar-refractivity contribution >= 4 is 44.7 Å². The van der Waals surface area contributed by atoms with Crippen LogP contribution in [0.25, 0.3) is 0 Å². The first-order valence-electron chi connectivity index (χ1n) is 12.0. The molecule has 0 bridgehead atoms. The molecule has 2 amide bonds. The SMILES string of the molecule is Cc1ccccc1S(=O)(=O)Nc1c(NC2CCC(NC(=O)Nc3ccc(OC(F)(F)F)c(Cl)c3)CC2)c(=O)c1=O. The molecule has 4 N–H and O–H groups in total. The van der Waals surface area contributed by atoms with Gasteiger partial charge in [-0.05, 0) is 62.4 Å². The lowest BCUT2D eigenvalue weighted by molar-refractivity contribution is -0.274. The average molecular weight is 601 g/mol. The van der Waals surface area contributed by atoms with E-state index in [1.807, 2.05) is 0 Å². The monoisotopic (exact) mass is 600 g/mol. The molecule has 1 saturated carbocycles. The van der Waals surface area contributed by atoms with Crippen molar-refractivity contribution in [3.63, 3.8) is 0 Å². The van der Waals surface area contributed by atoms with Gasteiger partial charge in [-0.25, -0.2) is 13.2 Å². The zero-order valence-corrected chi connectivity index (χ0v) is 22.5. The number of amides is 2. The third kappa shape index (κ3) is 6.86. The maximum absolute atomic E-state index is 12.8. The molecule has 0 unspecified atom stereocenters. The smallest absolute Gasteiger partial charge is 0.404 e. The number of aryl methyl sites for hydroxylation is 1. The van der Waals surface area contributed by atoms with Gasteiger partial charge in [0.2, 0.25) is 0 Å². The number of nitrogens with one attached hydrogen (secondary N) is 4. The minimum Gasteiger partial charge on any atom is -0.404 e. The van der Waals surface area contributed by atoms with E-state index in [1.54, 1.807) is 25.1 Å². The van der Waals surface area contributed by atoms with Crippen molar-refractivity contribution in [1.29, 1.82) is 0 Å². The summed E-state index contributed by atoms with van der Waals surface area (Å²) in [6, 6.07) is 8.48. The van der Waals surface area contributed by atoms with E-state index in [0.717, 1.165) is 12.1 Å². The Morgan fingerprint density at radius 3 is 2.23 bits per heavy atom. The summed E-state index contributed by atoms with van der Waals surface area (Å²) >= 11 is 5.80. The molecule has 1 aliphatic rings. The van der Waals surface area contributed by atoms with Crippen molar-refractivity contribution in [3.8, 4) is 5.75 Å². The minimum absolute atomic E-state index is 0.00767. The van der Waals surface area contributed by atoms with Crippen LogP contribution in [0.3, 0.4) is 0 Å². The van der Waals surface area contributed by atoms with E-state index in [1.165, 1.54) is 12.1 Å². The topological polar surface area (TPSA) is 143 Å². The summed E-state index contributed by atoms with van der Waals surface area (Å²) < 4.78 is 68.7. The predicted octanol–water partition coefficient (Wildman–Crippen LogP) is 4.49. The van der Waals surface area contributed by atoms with Crippen LogP contribution in [-0.4, -0.2) is 32.9 Å². The fourth-order valence-electron chi connectivity index (χ4n) is 4.40. The standard InChI is InChI=1S/C25H24ClF3N4O6S/c1-13-4-2-3-5-19(13)40(37,38)33-21-20(22(34)23(21)35)30-14-6-8-15(9-7-14)31-24(36)32-16-10-11-18(17(26)12-16)39-25(27,28)29/h2-5,10-12,14-15,30,33H,6-9H2,1H3,(H2,31,32,36). The number of benzene rings is 2. The molecular formula is C25H24ClF3N4O6S. The Bertz CT molecular complexity index is 1600. The Balaban J connectivity index is 1.30. The van der Waals surface area contributed by atoms with E-state index in [4.69, 9.17) is 11.6 Å². The third-order valence-electron chi connectivity index (χ3n) is 6.36. The molecule has 0 saturated heterocycles. The number of alkyl halides is 3. The van der Waals surface area contributed by atoms with Crippen LogP contribution in [0.4, 0.5) is 35.0 Å². The van der Waals surface area contributed by atoms with E-state index in [2.05, 4.69) is 25.4 Å². The lowest BCUT2D eigenvalue weighted by Gasteiger charge is -2.31. The molecule has 0 heterocycles. The second-order valence-electron chi connectivity index (χ2n) is 9.26. The highest BCUT2D eigenvalue weighted by Gasteiger charge is 2.32. The van der Waals surface area contributed by atoms with Crippen LogP contribution >= 0.6 is 11.6 Å². The van der Waals surface area contributed by atoms with Crippen LogP contribution in [0.2, 0.25) is 5.02 Å². The largest absolute Gasteiger partial charge is 0.573 e.